The van der Waals surface area contributed by atoms with Crippen molar-refractivity contribution < 1.29 is 9.31 Å². The largest absolute Gasteiger partial charge is 0.494 e. The molecule has 1 aliphatic heterocycles. The molecule has 36 heavy (non-hydrogen) atoms. The van der Waals surface area contributed by atoms with Crippen LogP contribution in [0.1, 0.15) is 27.7 Å². The lowest BCUT2D eigenvalue weighted by Crippen LogP contribution is -2.41. The Labute approximate surface area is 221 Å². The molecule has 0 saturated carbocycles. The maximum Gasteiger partial charge on any atom is 0.494 e. The zero-order valence-electron chi connectivity index (χ0n) is 21.0. The fourth-order valence-corrected chi connectivity index (χ4v) is 5.54. The lowest BCUT2D eigenvalue weighted by Gasteiger charge is -2.32. The predicted octanol–water partition coefficient (Wildman–Crippen LogP) is 8.39. The minimum atomic E-state index is -0.413. The summed E-state index contributed by atoms with van der Waals surface area (Å²) in [5.41, 5.74) is 5.12. The number of hydrogen-bond acceptors (Lipinski definition) is 2. The molecule has 0 spiro atoms. The van der Waals surface area contributed by atoms with Crippen LogP contribution in [0, 0.1) is 0 Å². The quantitative estimate of drug-likeness (QED) is 0.171. The van der Waals surface area contributed by atoms with Crippen LogP contribution in [0.3, 0.4) is 0 Å². The molecular weight excluding hydrogens is 507 g/mol. The van der Waals surface area contributed by atoms with Crippen molar-refractivity contribution in [2.45, 2.75) is 38.9 Å². The van der Waals surface area contributed by atoms with Crippen LogP contribution in [0.4, 0.5) is 0 Å². The Bertz CT molecular complexity index is 1580. The van der Waals surface area contributed by atoms with Gasteiger partial charge in [0.1, 0.15) is 0 Å². The first-order valence-corrected chi connectivity index (χ1v) is 13.2. The van der Waals surface area contributed by atoms with Crippen LogP contribution >= 0.6 is 15.9 Å². The number of hydrogen-bond donors (Lipinski definition) is 0. The monoisotopic (exact) mass is 534 g/mol. The third-order valence-electron chi connectivity index (χ3n) is 7.75. The van der Waals surface area contributed by atoms with Crippen LogP contribution in [0.5, 0.6) is 0 Å². The molecule has 0 amide bonds. The number of benzene rings is 5. The molecule has 1 heterocycles. The summed E-state index contributed by atoms with van der Waals surface area (Å²) in [7, 11) is -0.413. The molecule has 4 heteroatoms. The lowest BCUT2D eigenvalue weighted by atomic mass is 9.76. The minimum absolute atomic E-state index is 0.389. The molecule has 0 atom stereocenters. The molecule has 0 aromatic heterocycles. The van der Waals surface area contributed by atoms with Crippen molar-refractivity contribution in [2.24, 2.45) is 0 Å². The van der Waals surface area contributed by atoms with Gasteiger partial charge in [0.05, 0.1) is 11.2 Å². The highest BCUT2D eigenvalue weighted by Crippen LogP contribution is 2.44. The fraction of sp³-hybridized carbons (Fsp3) is 0.188. The van der Waals surface area contributed by atoms with Crippen molar-refractivity contribution in [3.05, 3.63) is 102 Å². The average molecular weight is 535 g/mol. The predicted molar refractivity (Wildman–Crippen MR) is 156 cm³/mol. The Morgan fingerprint density at radius 3 is 1.56 bits per heavy atom. The molecule has 1 fully saturated rings. The van der Waals surface area contributed by atoms with Crippen LogP contribution in [-0.2, 0) is 9.31 Å². The van der Waals surface area contributed by atoms with Crippen LogP contribution in [-0.4, -0.2) is 18.3 Å². The van der Waals surface area contributed by atoms with Gasteiger partial charge < -0.3 is 9.31 Å². The smallest absolute Gasteiger partial charge is 0.399 e. The molecular formula is C32H28BBrO2. The third-order valence-corrected chi connectivity index (χ3v) is 8.25. The zero-order valence-corrected chi connectivity index (χ0v) is 22.6. The van der Waals surface area contributed by atoms with E-state index >= 15 is 0 Å². The van der Waals surface area contributed by atoms with E-state index in [1.54, 1.807) is 0 Å². The fourth-order valence-electron chi connectivity index (χ4n) is 5.18. The van der Waals surface area contributed by atoms with E-state index < -0.39 is 7.12 Å². The molecule has 1 aliphatic rings. The highest BCUT2D eigenvalue weighted by atomic mass is 79.9. The highest BCUT2D eigenvalue weighted by Gasteiger charge is 2.51. The van der Waals surface area contributed by atoms with E-state index in [0.29, 0.717) is 0 Å². The van der Waals surface area contributed by atoms with Gasteiger partial charge in [-0.05, 0) is 89.1 Å². The summed E-state index contributed by atoms with van der Waals surface area (Å²) in [6, 6.07) is 34.6. The summed E-state index contributed by atoms with van der Waals surface area (Å²) in [5.74, 6) is 0. The van der Waals surface area contributed by atoms with Crippen molar-refractivity contribution in [1.29, 1.82) is 0 Å². The van der Waals surface area contributed by atoms with E-state index in [0.717, 1.165) is 9.94 Å². The Hall–Kier alpha value is -2.92. The molecule has 2 nitrogen and oxygen atoms in total. The molecule has 0 N–H and O–H groups in total. The second kappa shape index (κ2) is 8.59. The Balaban J connectivity index is 1.71. The highest BCUT2D eigenvalue weighted by molar-refractivity contribution is 9.10. The van der Waals surface area contributed by atoms with E-state index in [-0.39, 0.29) is 11.2 Å². The van der Waals surface area contributed by atoms with Gasteiger partial charge in [-0.3, -0.25) is 0 Å². The summed E-state index contributed by atoms with van der Waals surface area (Å²) in [6.45, 7) is 8.40. The molecule has 0 radical (unpaired) electrons. The van der Waals surface area contributed by atoms with Crippen LogP contribution in [0.15, 0.2) is 102 Å². The van der Waals surface area contributed by atoms with Gasteiger partial charge in [0.25, 0.3) is 0 Å². The molecule has 0 bridgehead atoms. The molecule has 0 unspecified atom stereocenters. The van der Waals surface area contributed by atoms with Gasteiger partial charge in [-0.25, -0.2) is 0 Å². The SMILES string of the molecule is CC1(C)OB(c2ccc3c(-c4ccccc4)c4cc(Br)ccc4c(-c4ccccc4)c3c2)OC1(C)C. The number of halogens is 1. The molecule has 178 valence electrons. The van der Waals surface area contributed by atoms with Crippen LogP contribution < -0.4 is 5.46 Å². The molecule has 5 aromatic rings. The van der Waals surface area contributed by atoms with Crippen LogP contribution in [0.2, 0.25) is 0 Å². The van der Waals surface area contributed by atoms with Crippen molar-refractivity contribution in [2.75, 3.05) is 0 Å². The molecule has 1 saturated heterocycles. The van der Waals surface area contributed by atoms with Crippen molar-refractivity contribution in [3.8, 4) is 22.3 Å². The van der Waals surface area contributed by atoms with E-state index in [2.05, 4.69) is 141 Å². The van der Waals surface area contributed by atoms with Gasteiger partial charge >= 0.3 is 7.12 Å². The summed E-state index contributed by atoms with van der Waals surface area (Å²) in [4.78, 5) is 0. The van der Waals surface area contributed by atoms with E-state index in [1.807, 2.05) is 0 Å². The standard InChI is InChI=1S/C32H28BBrO2/c1-31(2)32(3,4)36-33(35-31)23-15-17-25-27(19-23)29(21-11-7-5-8-12-21)26-18-16-24(34)20-28(26)30(25)22-13-9-6-10-14-22/h5-20H,1-4H3. The summed E-state index contributed by atoms with van der Waals surface area (Å²) in [5, 5.41) is 4.86. The Morgan fingerprint density at radius 2 is 1.03 bits per heavy atom. The second-order valence-corrected chi connectivity index (χ2v) is 11.5. The molecule has 0 aliphatic carbocycles. The van der Waals surface area contributed by atoms with Gasteiger partial charge in [-0.1, -0.05) is 101 Å². The Kier molecular flexibility index (Phi) is 5.60. The maximum absolute atomic E-state index is 6.43. The third kappa shape index (κ3) is 3.80. The topological polar surface area (TPSA) is 18.5 Å². The second-order valence-electron chi connectivity index (χ2n) is 10.6. The first-order valence-electron chi connectivity index (χ1n) is 12.4. The maximum atomic E-state index is 6.43. The summed E-state index contributed by atoms with van der Waals surface area (Å²) >= 11 is 3.73. The molecule has 5 aromatic carbocycles. The van der Waals surface area contributed by atoms with E-state index in [4.69, 9.17) is 9.31 Å². The van der Waals surface area contributed by atoms with Crippen LogP contribution in [0.25, 0.3) is 43.8 Å². The van der Waals surface area contributed by atoms with Gasteiger partial charge in [0.2, 0.25) is 0 Å². The zero-order chi connectivity index (χ0) is 25.1. The normalized spacial score (nSPS) is 16.6. The first-order chi connectivity index (χ1) is 17.2. The minimum Gasteiger partial charge on any atom is -0.399 e. The van der Waals surface area contributed by atoms with Gasteiger partial charge in [0.15, 0.2) is 0 Å². The first kappa shape index (κ1) is 23.5. The summed E-state index contributed by atoms with van der Waals surface area (Å²) < 4.78 is 13.9. The Morgan fingerprint density at radius 1 is 0.556 bits per heavy atom. The summed E-state index contributed by atoms with van der Waals surface area (Å²) in [6.07, 6.45) is 0. The average Bonchev–Trinajstić information content (AvgIpc) is 3.09. The number of fused-ring (bicyclic) bond motifs is 2. The van der Waals surface area contributed by atoms with Gasteiger partial charge in [0, 0.05) is 4.47 Å². The van der Waals surface area contributed by atoms with Gasteiger partial charge in [-0.15, -0.1) is 0 Å². The van der Waals surface area contributed by atoms with Gasteiger partial charge in [-0.2, -0.15) is 0 Å². The molecule has 6 rings (SSSR count). The van der Waals surface area contributed by atoms with E-state index in [1.165, 1.54) is 43.8 Å². The lowest BCUT2D eigenvalue weighted by molar-refractivity contribution is 0.00578. The van der Waals surface area contributed by atoms with Crippen molar-refractivity contribution in [1.82, 2.24) is 0 Å². The van der Waals surface area contributed by atoms with Crippen molar-refractivity contribution >= 4 is 50.1 Å². The van der Waals surface area contributed by atoms with Crippen molar-refractivity contribution in [3.63, 3.8) is 0 Å². The van der Waals surface area contributed by atoms with E-state index in [9.17, 15) is 0 Å². The number of rotatable bonds is 3.